The summed E-state index contributed by atoms with van der Waals surface area (Å²) in [5.41, 5.74) is -1.88. The summed E-state index contributed by atoms with van der Waals surface area (Å²) in [6.07, 6.45) is -3.04. The predicted octanol–water partition coefficient (Wildman–Crippen LogP) is 0.896. The third-order valence-electron chi connectivity index (χ3n) is 6.80. The normalized spacial score (nSPS) is 31.1. The number of hydrogen-bond donors (Lipinski definition) is 3. The molecule has 3 N–H and O–H groups in total. The number of fused-ring (bicyclic) bond motifs is 1. The lowest BCUT2D eigenvalue weighted by atomic mass is 9.83. The Morgan fingerprint density at radius 1 is 1.19 bits per heavy atom. The summed E-state index contributed by atoms with van der Waals surface area (Å²) in [5, 5.41) is 30.4. The topological polar surface area (TPSA) is 166 Å². The summed E-state index contributed by atoms with van der Waals surface area (Å²) in [5.74, 6) is -6.07. The van der Waals surface area contributed by atoms with Crippen molar-refractivity contribution in [1.82, 2.24) is 0 Å². The van der Waals surface area contributed by atoms with E-state index in [9.17, 15) is 34.5 Å². The van der Waals surface area contributed by atoms with Gasteiger partial charge in [0.15, 0.2) is 17.8 Å². The van der Waals surface area contributed by atoms with Crippen LogP contribution < -0.4 is 0 Å². The number of carbonyl (C=O) groups excluding carboxylic acids is 4. The minimum absolute atomic E-state index is 0.113. The standard InChI is InChI=1S/C26H36O11/c1-12-9-8-10-17(24(31)34-7)20(36-22(29)13(2)15(4)27)21(37-25(32)26(6,33)16(5)28)19-14(3)23(30)35-18(19)11-12/h10-11,13,15-16,18-21,27-28,33H,3,8-9H2,1-2,4-7H3/b12-11+,17-10+. The van der Waals surface area contributed by atoms with E-state index < -0.39 is 71.8 Å². The highest BCUT2D eigenvalue weighted by atomic mass is 16.6. The Kier molecular flexibility index (Phi) is 9.81. The van der Waals surface area contributed by atoms with Crippen molar-refractivity contribution in [3.63, 3.8) is 0 Å². The van der Waals surface area contributed by atoms with Gasteiger partial charge in [-0.1, -0.05) is 18.2 Å². The number of ether oxygens (including phenoxy) is 4. The molecule has 8 unspecified atom stereocenters. The Morgan fingerprint density at radius 2 is 1.81 bits per heavy atom. The fraction of sp³-hybridized carbons (Fsp3) is 0.615. The number of aliphatic hydroxyl groups is 3. The minimum Gasteiger partial charge on any atom is -0.466 e. The number of methoxy groups -OCH3 is 1. The Morgan fingerprint density at radius 3 is 2.35 bits per heavy atom. The molecular formula is C26H36O11. The molecule has 1 heterocycles. The Bertz CT molecular complexity index is 988. The number of rotatable bonds is 7. The largest absolute Gasteiger partial charge is 0.466 e. The second-order valence-electron chi connectivity index (χ2n) is 9.70. The second-order valence-corrected chi connectivity index (χ2v) is 9.70. The smallest absolute Gasteiger partial charge is 0.341 e. The lowest BCUT2D eigenvalue weighted by Crippen LogP contribution is -2.53. The summed E-state index contributed by atoms with van der Waals surface area (Å²) in [7, 11) is 1.12. The number of allylic oxidation sites excluding steroid dienone is 2. The van der Waals surface area contributed by atoms with E-state index in [-0.39, 0.29) is 11.1 Å². The third kappa shape index (κ3) is 6.65. The van der Waals surface area contributed by atoms with E-state index in [2.05, 4.69) is 6.58 Å². The van der Waals surface area contributed by atoms with Gasteiger partial charge in [-0.05, 0) is 53.5 Å². The van der Waals surface area contributed by atoms with Crippen molar-refractivity contribution in [2.24, 2.45) is 11.8 Å². The molecule has 1 aliphatic heterocycles. The average molecular weight is 525 g/mol. The molecule has 11 heteroatoms. The highest BCUT2D eigenvalue weighted by Crippen LogP contribution is 2.38. The first-order chi connectivity index (χ1) is 17.1. The van der Waals surface area contributed by atoms with Crippen molar-refractivity contribution in [3.05, 3.63) is 35.5 Å². The van der Waals surface area contributed by atoms with Gasteiger partial charge in [0.1, 0.15) is 6.10 Å². The monoisotopic (exact) mass is 524 g/mol. The Hall–Kier alpha value is -3.02. The summed E-state index contributed by atoms with van der Waals surface area (Å²) in [6, 6.07) is 0. The molecule has 0 aromatic rings. The second kappa shape index (κ2) is 12.0. The first-order valence-corrected chi connectivity index (χ1v) is 12.0. The van der Waals surface area contributed by atoms with Crippen LogP contribution in [0.4, 0.5) is 0 Å². The molecule has 0 bridgehead atoms. The summed E-state index contributed by atoms with van der Waals surface area (Å²) in [4.78, 5) is 51.5. The van der Waals surface area contributed by atoms with Crippen LogP contribution in [-0.4, -0.2) is 82.4 Å². The quantitative estimate of drug-likeness (QED) is 0.187. The molecular weight excluding hydrogens is 488 g/mol. The molecule has 0 amide bonds. The van der Waals surface area contributed by atoms with Gasteiger partial charge in [0.25, 0.3) is 0 Å². The van der Waals surface area contributed by atoms with Crippen LogP contribution >= 0.6 is 0 Å². The number of hydrogen-bond acceptors (Lipinski definition) is 11. The van der Waals surface area contributed by atoms with Crippen LogP contribution in [0.3, 0.4) is 0 Å². The molecule has 11 nitrogen and oxygen atoms in total. The van der Waals surface area contributed by atoms with Gasteiger partial charge in [0.2, 0.25) is 0 Å². The molecule has 1 aliphatic carbocycles. The molecule has 0 aromatic heterocycles. The van der Waals surface area contributed by atoms with Gasteiger partial charge in [-0.25, -0.2) is 14.4 Å². The maximum absolute atomic E-state index is 13.1. The van der Waals surface area contributed by atoms with Gasteiger partial charge in [-0.2, -0.15) is 0 Å². The zero-order valence-corrected chi connectivity index (χ0v) is 21.9. The van der Waals surface area contributed by atoms with Crippen LogP contribution in [0.5, 0.6) is 0 Å². The highest BCUT2D eigenvalue weighted by Gasteiger charge is 2.52. The third-order valence-corrected chi connectivity index (χ3v) is 6.80. The van der Waals surface area contributed by atoms with Crippen LogP contribution in [0, 0.1) is 11.8 Å². The van der Waals surface area contributed by atoms with Crippen molar-refractivity contribution in [3.8, 4) is 0 Å². The van der Waals surface area contributed by atoms with Crippen LogP contribution in [0.25, 0.3) is 0 Å². The van der Waals surface area contributed by atoms with Gasteiger partial charge in [-0.15, -0.1) is 0 Å². The van der Waals surface area contributed by atoms with E-state index in [1.54, 1.807) is 13.0 Å². The molecule has 0 radical (unpaired) electrons. The lowest BCUT2D eigenvalue weighted by molar-refractivity contribution is -0.193. The Labute approximate surface area is 215 Å². The van der Waals surface area contributed by atoms with Crippen molar-refractivity contribution in [2.75, 3.05) is 7.11 Å². The number of carbonyl (C=O) groups is 4. The van der Waals surface area contributed by atoms with E-state index in [1.165, 1.54) is 26.8 Å². The molecule has 2 aliphatic rings. The van der Waals surface area contributed by atoms with E-state index in [1.807, 2.05) is 0 Å². The molecule has 37 heavy (non-hydrogen) atoms. The van der Waals surface area contributed by atoms with Crippen LogP contribution in [0.1, 0.15) is 47.5 Å². The number of aliphatic hydroxyl groups excluding tert-OH is 2. The van der Waals surface area contributed by atoms with E-state index >= 15 is 0 Å². The van der Waals surface area contributed by atoms with Gasteiger partial charge in [-0.3, -0.25) is 4.79 Å². The lowest BCUT2D eigenvalue weighted by Gasteiger charge is -2.36. The molecule has 1 fully saturated rings. The predicted molar refractivity (Wildman–Crippen MR) is 129 cm³/mol. The van der Waals surface area contributed by atoms with Crippen molar-refractivity contribution < 1.29 is 53.4 Å². The molecule has 0 saturated carbocycles. The molecule has 1 saturated heterocycles. The van der Waals surface area contributed by atoms with Crippen molar-refractivity contribution >= 4 is 23.9 Å². The fourth-order valence-corrected chi connectivity index (χ4v) is 3.86. The molecule has 2 rings (SSSR count). The van der Waals surface area contributed by atoms with Crippen molar-refractivity contribution in [2.45, 2.75) is 83.6 Å². The van der Waals surface area contributed by atoms with Crippen LogP contribution in [-0.2, 0) is 38.1 Å². The molecule has 0 aromatic carbocycles. The highest BCUT2D eigenvalue weighted by molar-refractivity contribution is 5.93. The first kappa shape index (κ1) is 30.2. The molecule has 0 spiro atoms. The average Bonchev–Trinajstić information content (AvgIpc) is 3.09. The molecule has 206 valence electrons. The molecule has 8 atom stereocenters. The van der Waals surface area contributed by atoms with Gasteiger partial charge >= 0.3 is 23.9 Å². The maximum Gasteiger partial charge on any atom is 0.341 e. The van der Waals surface area contributed by atoms with Crippen LogP contribution in [0.2, 0.25) is 0 Å². The summed E-state index contributed by atoms with van der Waals surface area (Å²) >= 11 is 0. The van der Waals surface area contributed by atoms with E-state index in [0.717, 1.165) is 19.6 Å². The Balaban J connectivity index is 2.76. The van der Waals surface area contributed by atoms with E-state index in [4.69, 9.17) is 18.9 Å². The maximum atomic E-state index is 13.1. The van der Waals surface area contributed by atoms with Crippen molar-refractivity contribution in [1.29, 1.82) is 0 Å². The number of esters is 4. The summed E-state index contributed by atoms with van der Waals surface area (Å²) in [6.45, 7) is 10.5. The van der Waals surface area contributed by atoms with Gasteiger partial charge in [0, 0.05) is 5.57 Å². The van der Waals surface area contributed by atoms with Gasteiger partial charge < -0.3 is 34.3 Å². The van der Waals surface area contributed by atoms with E-state index in [0.29, 0.717) is 12.8 Å². The zero-order chi connectivity index (χ0) is 28.2. The van der Waals surface area contributed by atoms with Crippen LogP contribution in [0.15, 0.2) is 35.5 Å². The fourth-order valence-electron chi connectivity index (χ4n) is 3.86. The first-order valence-electron chi connectivity index (χ1n) is 12.0. The SMILES string of the molecule is C=C1C(=O)OC2/C=C(\C)CC/C=C(/C(=O)OC)C(OC(=O)C(C)C(C)O)C(OC(=O)C(C)(O)C(C)O)C12. The summed E-state index contributed by atoms with van der Waals surface area (Å²) < 4.78 is 21.7. The zero-order valence-electron chi connectivity index (χ0n) is 21.9. The van der Waals surface area contributed by atoms with Gasteiger partial charge in [0.05, 0.1) is 36.7 Å². The minimum atomic E-state index is -2.39.